The van der Waals surface area contributed by atoms with Gasteiger partial charge in [0.2, 0.25) is 0 Å². The Morgan fingerprint density at radius 3 is 2.28 bits per heavy atom. The third kappa shape index (κ3) is 4.67. The Morgan fingerprint density at radius 1 is 1.06 bits per heavy atom. The molecule has 0 aliphatic carbocycles. The number of nitrogen functional groups attached to an aromatic ring is 1. The van der Waals surface area contributed by atoms with Crippen LogP contribution in [0.1, 0.15) is 46.9 Å². The van der Waals surface area contributed by atoms with Gasteiger partial charge in [-0.2, -0.15) is 0 Å². The lowest BCUT2D eigenvalue weighted by atomic mass is 10.0. The zero-order valence-electron chi connectivity index (χ0n) is 18.9. The molecule has 1 aromatic carbocycles. The van der Waals surface area contributed by atoms with Crippen LogP contribution in [0, 0.1) is 0 Å². The summed E-state index contributed by atoms with van der Waals surface area (Å²) in [6.45, 7) is 3.98. The highest BCUT2D eigenvalue weighted by Crippen LogP contribution is 2.20. The number of hydrogen-bond acceptors (Lipinski definition) is 6. The summed E-state index contributed by atoms with van der Waals surface area (Å²) in [5, 5.41) is 0. The van der Waals surface area contributed by atoms with E-state index in [0.717, 1.165) is 28.4 Å². The molecule has 1 aromatic heterocycles. The molecular formula is C23H31N5O4. The van der Waals surface area contributed by atoms with E-state index in [2.05, 4.69) is 4.90 Å². The van der Waals surface area contributed by atoms with Crippen molar-refractivity contribution in [2.75, 3.05) is 31.9 Å². The third-order valence-corrected chi connectivity index (χ3v) is 6.14. The number of Topliss-reactive ketones (excluding diaryl/α,β-unsaturated/α-hetero) is 1. The summed E-state index contributed by atoms with van der Waals surface area (Å²) >= 11 is 0. The standard InChI is InChI=1S/C23H31N5O4/c1-4-12-28(15-18(29)19-20(24)25(2)23(32)26(3)22(19)31)17-10-13-27(14-11-17)21(30)16-8-6-5-7-9-16/h5-9,17H,4,10-15,24H2,1-3H3. The van der Waals surface area contributed by atoms with Crippen molar-refractivity contribution in [2.45, 2.75) is 32.2 Å². The van der Waals surface area contributed by atoms with Gasteiger partial charge in [-0.25, -0.2) is 4.79 Å². The molecule has 9 nitrogen and oxygen atoms in total. The lowest BCUT2D eigenvalue weighted by Crippen LogP contribution is -2.49. The Morgan fingerprint density at radius 2 is 1.69 bits per heavy atom. The van der Waals surface area contributed by atoms with E-state index in [4.69, 9.17) is 5.73 Å². The van der Waals surface area contributed by atoms with Gasteiger partial charge in [0.05, 0.1) is 6.54 Å². The van der Waals surface area contributed by atoms with Gasteiger partial charge in [-0.05, 0) is 37.9 Å². The molecule has 1 aliphatic rings. The molecule has 0 spiro atoms. The Labute approximate surface area is 187 Å². The summed E-state index contributed by atoms with van der Waals surface area (Å²) in [6.07, 6.45) is 2.33. The average molecular weight is 442 g/mol. The molecule has 9 heteroatoms. The number of piperidine rings is 1. The first-order chi connectivity index (χ1) is 15.3. The van der Waals surface area contributed by atoms with Crippen LogP contribution in [0.3, 0.4) is 0 Å². The molecule has 1 amide bonds. The smallest absolute Gasteiger partial charge is 0.332 e. The van der Waals surface area contributed by atoms with E-state index >= 15 is 0 Å². The van der Waals surface area contributed by atoms with Crippen LogP contribution in [0.4, 0.5) is 5.82 Å². The van der Waals surface area contributed by atoms with Crippen molar-refractivity contribution in [2.24, 2.45) is 14.1 Å². The molecular weight excluding hydrogens is 410 g/mol. The Bertz CT molecular complexity index is 1100. The Hall–Kier alpha value is -3.20. The predicted molar refractivity (Wildman–Crippen MR) is 123 cm³/mol. The Balaban J connectivity index is 1.72. The number of carbonyl (C=O) groups excluding carboxylic acids is 2. The van der Waals surface area contributed by atoms with Gasteiger partial charge in [-0.3, -0.25) is 28.4 Å². The van der Waals surface area contributed by atoms with Crippen LogP contribution in [-0.2, 0) is 14.1 Å². The Kier molecular flexibility index (Phi) is 7.29. The summed E-state index contributed by atoms with van der Waals surface area (Å²) in [5.74, 6) is -0.485. The number of hydrogen-bond donors (Lipinski definition) is 1. The second kappa shape index (κ2) is 9.95. The van der Waals surface area contributed by atoms with E-state index in [-0.39, 0.29) is 29.9 Å². The number of aromatic nitrogens is 2. The number of rotatable bonds is 7. The lowest BCUT2D eigenvalue weighted by Gasteiger charge is -2.38. The van der Waals surface area contributed by atoms with Crippen LogP contribution in [0.2, 0.25) is 0 Å². The molecule has 2 N–H and O–H groups in total. The molecule has 2 aromatic rings. The van der Waals surface area contributed by atoms with Gasteiger partial charge in [0.1, 0.15) is 11.4 Å². The molecule has 1 fully saturated rings. The number of nitrogens with two attached hydrogens (primary N) is 1. The van der Waals surface area contributed by atoms with Gasteiger partial charge in [-0.1, -0.05) is 25.1 Å². The normalized spacial score (nSPS) is 14.7. The highest BCUT2D eigenvalue weighted by molar-refractivity contribution is 6.01. The first-order valence-electron chi connectivity index (χ1n) is 10.9. The van der Waals surface area contributed by atoms with Crippen LogP contribution < -0.4 is 17.0 Å². The second-order valence-corrected chi connectivity index (χ2v) is 8.25. The summed E-state index contributed by atoms with van der Waals surface area (Å²) in [7, 11) is 2.78. The van der Waals surface area contributed by atoms with Crippen LogP contribution in [0.5, 0.6) is 0 Å². The van der Waals surface area contributed by atoms with Crippen molar-refractivity contribution in [3.63, 3.8) is 0 Å². The second-order valence-electron chi connectivity index (χ2n) is 8.25. The molecule has 32 heavy (non-hydrogen) atoms. The van der Waals surface area contributed by atoms with Crippen molar-refractivity contribution >= 4 is 17.5 Å². The van der Waals surface area contributed by atoms with Gasteiger partial charge in [0.25, 0.3) is 11.5 Å². The van der Waals surface area contributed by atoms with Gasteiger partial charge < -0.3 is 10.6 Å². The molecule has 2 heterocycles. The van der Waals surface area contributed by atoms with Crippen LogP contribution >= 0.6 is 0 Å². The van der Waals surface area contributed by atoms with Crippen molar-refractivity contribution in [3.8, 4) is 0 Å². The van der Waals surface area contributed by atoms with Crippen molar-refractivity contribution < 1.29 is 9.59 Å². The molecule has 172 valence electrons. The topological polar surface area (TPSA) is 111 Å². The van der Waals surface area contributed by atoms with Gasteiger partial charge in [0.15, 0.2) is 5.78 Å². The molecule has 0 unspecified atom stereocenters. The summed E-state index contributed by atoms with van der Waals surface area (Å²) in [4.78, 5) is 54.3. The maximum atomic E-state index is 13.1. The van der Waals surface area contributed by atoms with Gasteiger partial charge in [0, 0.05) is 38.8 Å². The number of ketones is 1. The molecule has 0 atom stereocenters. The van der Waals surface area contributed by atoms with Crippen molar-refractivity contribution in [1.29, 1.82) is 0 Å². The molecule has 3 rings (SSSR count). The number of amides is 1. The van der Waals surface area contributed by atoms with Crippen LogP contribution in [0.25, 0.3) is 0 Å². The van der Waals surface area contributed by atoms with Crippen LogP contribution in [-0.4, -0.2) is 62.8 Å². The van der Waals surface area contributed by atoms with E-state index in [0.29, 0.717) is 25.2 Å². The maximum Gasteiger partial charge on any atom is 0.332 e. The van der Waals surface area contributed by atoms with E-state index < -0.39 is 17.0 Å². The van der Waals surface area contributed by atoms with Gasteiger partial charge >= 0.3 is 5.69 Å². The number of carbonyl (C=O) groups is 2. The SMILES string of the molecule is CCCN(CC(=O)c1c(N)n(C)c(=O)n(C)c1=O)C1CCN(C(=O)c2ccccc2)CC1. The van der Waals surface area contributed by atoms with E-state index in [1.807, 2.05) is 42.2 Å². The van der Waals surface area contributed by atoms with Crippen molar-refractivity contribution in [3.05, 3.63) is 62.3 Å². The van der Waals surface area contributed by atoms with E-state index in [1.165, 1.54) is 14.1 Å². The summed E-state index contributed by atoms with van der Waals surface area (Å²) < 4.78 is 2.02. The first-order valence-corrected chi connectivity index (χ1v) is 10.9. The van der Waals surface area contributed by atoms with Gasteiger partial charge in [-0.15, -0.1) is 0 Å². The monoisotopic (exact) mass is 441 g/mol. The fraction of sp³-hybridized carbons (Fsp3) is 0.478. The highest BCUT2D eigenvalue weighted by Gasteiger charge is 2.30. The van der Waals surface area contributed by atoms with E-state index in [1.54, 1.807) is 0 Å². The average Bonchev–Trinajstić information content (AvgIpc) is 2.81. The molecule has 0 radical (unpaired) electrons. The maximum absolute atomic E-state index is 13.1. The minimum absolute atomic E-state index is 0.0173. The fourth-order valence-electron chi connectivity index (χ4n) is 4.26. The molecule has 0 saturated carbocycles. The summed E-state index contributed by atoms with van der Waals surface area (Å²) in [6, 6.07) is 9.33. The number of benzene rings is 1. The fourth-order valence-corrected chi connectivity index (χ4v) is 4.26. The third-order valence-electron chi connectivity index (χ3n) is 6.14. The number of anilines is 1. The minimum Gasteiger partial charge on any atom is -0.384 e. The van der Waals surface area contributed by atoms with E-state index in [9.17, 15) is 19.2 Å². The molecule has 1 aliphatic heterocycles. The zero-order valence-corrected chi connectivity index (χ0v) is 18.9. The largest absolute Gasteiger partial charge is 0.384 e. The number of likely N-dealkylation sites (tertiary alicyclic amines) is 1. The van der Waals surface area contributed by atoms with Crippen molar-refractivity contribution in [1.82, 2.24) is 18.9 Å². The predicted octanol–water partition coefficient (Wildman–Crippen LogP) is 0.866. The minimum atomic E-state index is -0.671. The number of nitrogens with zero attached hydrogens (tertiary/aromatic N) is 4. The molecule has 0 bridgehead atoms. The lowest BCUT2D eigenvalue weighted by molar-refractivity contribution is 0.0595. The van der Waals surface area contributed by atoms with Crippen LogP contribution in [0.15, 0.2) is 39.9 Å². The quantitative estimate of drug-likeness (QED) is 0.638. The zero-order chi connectivity index (χ0) is 23.4. The highest BCUT2D eigenvalue weighted by atomic mass is 16.2. The first kappa shape index (κ1) is 23.5. The summed E-state index contributed by atoms with van der Waals surface area (Å²) in [5.41, 5.74) is 5.25. The molecule has 1 saturated heterocycles.